The largest absolute Gasteiger partial charge is 0.378 e. The van der Waals surface area contributed by atoms with Gasteiger partial charge in [-0.15, -0.1) is 0 Å². The van der Waals surface area contributed by atoms with Gasteiger partial charge in [0.05, 0.1) is 13.2 Å². The van der Waals surface area contributed by atoms with Gasteiger partial charge in [0.15, 0.2) is 0 Å². The normalized spacial score (nSPS) is 18.2. The summed E-state index contributed by atoms with van der Waals surface area (Å²) in [5.41, 5.74) is 2.42. The van der Waals surface area contributed by atoms with Crippen molar-refractivity contribution in [2.75, 3.05) is 31.6 Å². The van der Waals surface area contributed by atoms with Gasteiger partial charge in [0.2, 0.25) is 0 Å². The molecule has 2 heterocycles. The first-order valence-corrected chi connectivity index (χ1v) is 6.18. The molecule has 1 N–H and O–H groups in total. The molecule has 5 nitrogen and oxygen atoms in total. The van der Waals surface area contributed by atoms with Gasteiger partial charge < -0.3 is 15.0 Å². The maximum absolute atomic E-state index is 12.3. The van der Waals surface area contributed by atoms with Crippen LogP contribution in [0.4, 0.5) is 5.69 Å². The number of benzene rings is 1. The molecule has 0 spiro atoms. The van der Waals surface area contributed by atoms with E-state index < -0.39 is 0 Å². The van der Waals surface area contributed by atoms with E-state index in [1.807, 2.05) is 0 Å². The summed E-state index contributed by atoms with van der Waals surface area (Å²) in [6.07, 6.45) is 0. The van der Waals surface area contributed by atoms with Crippen LogP contribution in [0.25, 0.3) is 5.57 Å². The number of rotatable bonds is 1. The number of ether oxygens (including phenoxy) is 1. The topological polar surface area (TPSA) is 58.6 Å². The summed E-state index contributed by atoms with van der Waals surface area (Å²) < 4.78 is 5.23. The van der Waals surface area contributed by atoms with Gasteiger partial charge in [-0.1, -0.05) is 6.58 Å². The third-order valence-electron chi connectivity index (χ3n) is 3.41. The van der Waals surface area contributed by atoms with Gasteiger partial charge in [0.25, 0.3) is 11.8 Å². The van der Waals surface area contributed by atoms with Crippen LogP contribution in [0.15, 0.2) is 24.8 Å². The Labute approximate surface area is 110 Å². The lowest BCUT2D eigenvalue weighted by atomic mass is 10.0. The van der Waals surface area contributed by atoms with Crippen molar-refractivity contribution in [3.63, 3.8) is 0 Å². The fourth-order valence-corrected chi connectivity index (χ4v) is 2.31. The Bertz CT molecular complexity index is 574. The molecule has 3 rings (SSSR count). The second-order valence-corrected chi connectivity index (χ2v) is 4.60. The smallest absolute Gasteiger partial charge is 0.255 e. The van der Waals surface area contributed by atoms with E-state index in [0.717, 1.165) is 0 Å². The number of fused-ring (bicyclic) bond motifs is 1. The minimum absolute atomic E-state index is 0.0294. The lowest BCUT2D eigenvalue weighted by Gasteiger charge is -2.27. The molecule has 5 heteroatoms. The fourth-order valence-electron chi connectivity index (χ4n) is 2.31. The molecule has 0 aromatic heterocycles. The van der Waals surface area contributed by atoms with Crippen molar-refractivity contribution in [3.05, 3.63) is 35.9 Å². The Morgan fingerprint density at radius 1 is 1.32 bits per heavy atom. The second kappa shape index (κ2) is 4.51. The maximum atomic E-state index is 12.3. The van der Waals surface area contributed by atoms with Crippen LogP contribution in [0, 0.1) is 0 Å². The lowest BCUT2D eigenvalue weighted by molar-refractivity contribution is -0.110. The molecule has 0 aliphatic carbocycles. The summed E-state index contributed by atoms with van der Waals surface area (Å²) >= 11 is 0. The molecule has 0 atom stereocenters. The summed E-state index contributed by atoms with van der Waals surface area (Å²) in [6.45, 7) is 6.09. The first-order chi connectivity index (χ1) is 9.16. The molecule has 0 bridgehead atoms. The SMILES string of the molecule is C=C1C(=O)Nc2ccc(C(=O)N3CCOCC3)cc21. The third-order valence-corrected chi connectivity index (χ3v) is 3.41. The first-order valence-electron chi connectivity index (χ1n) is 6.18. The summed E-state index contributed by atoms with van der Waals surface area (Å²) in [4.78, 5) is 25.6. The summed E-state index contributed by atoms with van der Waals surface area (Å²) in [5, 5.41) is 2.71. The Kier molecular flexibility index (Phi) is 2.83. The molecule has 1 fully saturated rings. The quantitative estimate of drug-likeness (QED) is 0.768. The first kappa shape index (κ1) is 11.9. The molecule has 19 heavy (non-hydrogen) atoms. The van der Waals surface area contributed by atoms with Crippen LogP contribution >= 0.6 is 0 Å². The van der Waals surface area contributed by atoms with Crippen LogP contribution in [0.5, 0.6) is 0 Å². The number of nitrogens with one attached hydrogen (secondary N) is 1. The number of morpholine rings is 1. The molecule has 1 aromatic carbocycles. The van der Waals surface area contributed by atoms with E-state index in [1.54, 1.807) is 23.1 Å². The van der Waals surface area contributed by atoms with Crippen LogP contribution in [0.1, 0.15) is 15.9 Å². The van der Waals surface area contributed by atoms with Crippen LogP contribution in [0.2, 0.25) is 0 Å². The number of hydrogen-bond acceptors (Lipinski definition) is 3. The van der Waals surface area contributed by atoms with Crippen molar-refractivity contribution in [1.29, 1.82) is 0 Å². The van der Waals surface area contributed by atoms with E-state index >= 15 is 0 Å². The highest BCUT2D eigenvalue weighted by atomic mass is 16.5. The molecule has 2 aliphatic heterocycles. The van der Waals surface area contributed by atoms with Crippen molar-refractivity contribution >= 4 is 23.1 Å². The second-order valence-electron chi connectivity index (χ2n) is 4.60. The predicted molar refractivity (Wildman–Crippen MR) is 70.8 cm³/mol. The molecular formula is C14H14N2O3. The van der Waals surface area contributed by atoms with E-state index in [-0.39, 0.29) is 11.8 Å². The van der Waals surface area contributed by atoms with Gasteiger partial charge in [0.1, 0.15) is 0 Å². The van der Waals surface area contributed by atoms with Gasteiger partial charge in [-0.05, 0) is 18.2 Å². The van der Waals surface area contributed by atoms with Gasteiger partial charge in [-0.3, -0.25) is 9.59 Å². The van der Waals surface area contributed by atoms with Crippen LogP contribution in [-0.2, 0) is 9.53 Å². The van der Waals surface area contributed by atoms with Crippen LogP contribution < -0.4 is 5.32 Å². The molecule has 0 unspecified atom stereocenters. The predicted octanol–water partition coefficient (Wildman–Crippen LogP) is 1.12. The number of hydrogen-bond donors (Lipinski definition) is 1. The van der Waals surface area contributed by atoms with Gasteiger partial charge in [0, 0.05) is 35.5 Å². The van der Waals surface area contributed by atoms with E-state index in [4.69, 9.17) is 4.74 Å². The van der Waals surface area contributed by atoms with Crippen molar-refractivity contribution in [1.82, 2.24) is 4.90 Å². The van der Waals surface area contributed by atoms with Crippen molar-refractivity contribution in [2.24, 2.45) is 0 Å². The molecule has 2 aliphatic rings. The summed E-state index contributed by atoms with van der Waals surface area (Å²) in [7, 11) is 0. The zero-order chi connectivity index (χ0) is 13.4. The van der Waals surface area contributed by atoms with Crippen LogP contribution in [-0.4, -0.2) is 43.0 Å². The maximum Gasteiger partial charge on any atom is 0.255 e. The Morgan fingerprint density at radius 2 is 2.05 bits per heavy atom. The number of amides is 2. The minimum atomic E-state index is -0.203. The number of carbonyl (C=O) groups is 2. The van der Waals surface area contributed by atoms with E-state index in [0.29, 0.717) is 48.7 Å². The van der Waals surface area contributed by atoms with E-state index in [2.05, 4.69) is 11.9 Å². The average Bonchev–Trinajstić information content (AvgIpc) is 2.74. The van der Waals surface area contributed by atoms with Crippen molar-refractivity contribution < 1.29 is 14.3 Å². The molecule has 0 saturated carbocycles. The summed E-state index contributed by atoms with van der Waals surface area (Å²) in [6, 6.07) is 5.21. The monoisotopic (exact) mass is 258 g/mol. The lowest BCUT2D eigenvalue weighted by Crippen LogP contribution is -2.40. The van der Waals surface area contributed by atoms with Crippen molar-refractivity contribution in [3.8, 4) is 0 Å². The summed E-state index contributed by atoms with van der Waals surface area (Å²) in [5.74, 6) is -0.232. The standard InChI is InChI=1S/C14H14N2O3/c1-9-11-8-10(2-3-12(11)15-13(9)17)14(18)16-4-6-19-7-5-16/h2-3,8H,1,4-7H2,(H,15,17). The van der Waals surface area contributed by atoms with Gasteiger partial charge >= 0.3 is 0 Å². The molecule has 1 aromatic rings. The molecule has 1 saturated heterocycles. The minimum Gasteiger partial charge on any atom is -0.378 e. The zero-order valence-corrected chi connectivity index (χ0v) is 10.4. The number of nitrogens with zero attached hydrogens (tertiary/aromatic N) is 1. The molecule has 2 amide bonds. The molecular weight excluding hydrogens is 244 g/mol. The average molecular weight is 258 g/mol. The zero-order valence-electron chi connectivity index (χ0n) is 10.4. The number of anilines is 1. The van der Waals surface area contributed by atoms with Gasteiger partial charge in [-0.2, -0.15) is 0 Å². The Hall–Kier alpha value is -2.14. The molecule has 98 valence electrons. The van der Waals surface area contributed by atoms with E-state index in [9.17, 15) is 9.59 Å². The highest BCUT2D eigenvalue weighted by Crippen LogP contribution is 2.31. The Morgan fingerprint density at radius 3 is 2.79 bits per heavy atom. The van der Waals surface area contributed by atoms with E-state index in [1.165, 1.54) is 0 Å². The third kappa shape index (κ3) is 2.02. The van der Waals surface area contributed by atoms with Gasteiger partial charge in [-0.25, -0.2) is 0 Å². The Balaban J connectivity index is 1.88. The van der Waals surface area contributed by atoms with Crippen molar-refractivity contribution in [2.45, 2.75) is 0 Å². The number of carbonyl (C=O) groups excluding carboxylic acids is 2. The van der Waals surface area contributed by atoms with Crippen LogP contribution in [0.3, 0.4) is 0 Å². The highest BCUT2D eigenvalue weighted by molar-refractivity contribution is 6.31. The molecule has 0 radical (unpaired) electrons. The highest BCUT2D eigenvalue weighted by Gasteiger charge is 2.25. The fraction of sp³-hybridized carbons (Fsp3) is 0.286.